The minimum Gasteiger partial charge on any atom is -0.349 e. The van der Waals surface area contributed by atoms with Gasteiger partial charge in [-0.2, -0.15) is 4.98 Å². The molecule has 126 valence electrons. The molecular weight excluding hydrogens is 314 g/mol. The number of rotatable bonds is 4. The van der Waals surface area contributed by atoms with Crippen molar-refractivity contribution < 1.29 is 9.32 Å². The van der Waals surface area contributed by atoms with E-state index < -0.39 is 0 Å². The summed E-state index contributed by atoms with van der Waals surface area (Å²) in [5, 5.41) is 7.13. The van der Waals surface area contributed by atoms with Gasteiger partial charge in [0, 0.05) is 22.7 Å². The highest BCUT2D eigenvalue weighted by Crippen LogP contribution is 2.23. The molecule has 1 N–H and O–H groups in total. The number of amides is 1. The summed E-state index contributed by atoms with van der Waals surface area (Å²) in [4.78, 5) is 16.9. The van der Waals surface area contributed by atoms with E-state index in [4.69, 9.17) is 4.52 Å². The Bertz CT molecular complexity index is 867. The number of hydrogen-bond donors (Lipinski definition) is 1. The largest absolute Gasteiger partial charge is 0.349 e. The molecule has 1 amide bonds. The molecule has 0 unspecified atom stereocenters. The molecule has 0 bridgehead atoms. The van der Waals surface area contributed by atoms with Crippen LogP contribution in [-0.2, 0) is 0 Å². The molecule has 0 atom stereocenters. The van der Waals surface area contributed by atoms with Crippen molar-refractivity contribution in [1.29, 1.82) is 0 Å². The molecular formula is C20H19N3O2. The van der Waals surface area contributed by atoms with E-state index in [0.717, 1.165) is 24.0 Å². The predicted octanol–water partition coefficient (Wildman–Crippen LogP) is 4.08. The van der Waals surface area contributed by atoms with Gasteiger partial charge in [0.15, 0.2) is 0 Å². The molecule has 3 aromatic rings. The van der Waals surface area contributed by atoms with Crippen molar-refractivity contribution in [1.82, 2.24) is 15.5 Å². The number of hydrogen-bond acceptors (Lipinski definition) is 4. The maximum absolute atomic E-state index is 12.4. The minimum atomic E-state index is -0.0449. The van der Waals surface area contributed by atoms with Gasteiger partial charge in [-0.25, -0.2) is 0 Å². The molecule has 0 saturated heterocycles. The average Bonchev–Trinajstić information content (AvgIpc) is 3.34. The van der Waals surface area contributed by atoms with Crippen molar-refractivity contribution in [2.75, 3.05) is 0 Å². The normalized spacial score (nSPS) is 14.6. The summed E-state index contributed by atoms with van der Waals surface area (Å²) in [6.07, 6.45) is 4.51. The summed E-state index contributed by atoms with van der Waals surface area (Å²) >= 11 is 0. The molecule has 5 nitrogen and oxygen atoms in total. The number of nitrogens with zero attached hydrogens (tertiary/aromatic N) is 2. The van der Waals surface area contributed by atoms with Gasteiger partial charge in [0.2, 0.25) is 5.82 Å². The van der Waals surface area contributed by atoms with Gasteiger partial charge >= 0.3 is 0 Å². The van der Waals surface area contributed by atoms with Gasteiger partial charge in [0.05, 0.1) is 0 Å². The summed E-state index contributed by atoms with van der Waals surface area (Å²) in [5.74, 6) is 0.905. The average molecular weight is 333 g/mol. The first-order chi connectivity index (χ1) is 12.3. The van der Waals surface area contributed by atoms with Crippen LogP contribution in [0.3, 0.4) is 0 Å². The van der Waals surface area contributed by atoms with Crippen LogP contribution in [0.15, 0.2) is 59.1 Å². The zero-order valence-electron chi connectivity index (χ0n) is 13.8. The van der Waals surface area contributed by atoms with Gasteiger partial charge in [-0.3, -0.25) is 4.79 Å². The lowest BCUT2D eigenvalue weighted by Gasteiger charge is -2.12. The first-order valence-electron chi connectivity index (χ1n) is 8.60. The fourth-order valence-corrected chi connectivity index (χ4v) is 3.18. The highest BCUT2D eigenvalue weighted by Gasteiger charge is 2.19. The summed E-state index contributed by atoms with van der Waals surface area (Å²) in [7, 11) is 0. The highest BCUT2D eigenvalue weighted by molar-refractivity contribution is 5.95. The van der Waals surface area contributed by atoms with Crippen molar-refractivity contribution in [3.05, 3.63) is 60.2 Å². The molecule has 1 aliphatic carbocycles. The van der Waals surface area contributed by atoms with E-state index in [2.05, 4.69) is 15.5 Å². The fraction of sp³-hybridized carbons (Fsp3) is 0.250. The molecule has 0 spiro atoms. The van der Waals surface area contributed by atoms with Crippen molar-refractivity contribution >= 4 is 5.91 Å². The van der Waals surface area contributed by atoms with Gasteiger partial charge in [-0.05, 0) is 31.0 Å². The van der Waals surface area contributed by atoms with Crippen LogP contribution in [0.2, 0.25) is 0 Å². The summed E-state index contributed by atoms with van der Waals surface area (Å²) in [5.41, 5.74) is 2.25. The van der Waals surface area contributed by atoms with Crippen molar-refractivity contribution in [2.45, 2.75) is 31.7 Å². The van der Waals surface area contributed by atoms with Gasteiger partial charge in [0.1, 0.15) is 0 Å². The number of aromatic nitrogens is 2. The van der Waals surface area contributed by atoms with Crippen molar-refractivity contribution in [2.24, 2.45) is 0 Å². The van der Waals surface area contributed by atoms with E-state index in [9.17, 15) is 4.79 Å². The Balaban J connectivity index is 1.55. The smallest absolute Gasteiger partial charge is 0.258 e. The lowest BCUT2D eigenvalue weighted by Crippen LogP contribution is -2.32. The molecule has 1 saturated carbocycles. The Labute approximate surface area is 146 Å². The monoisotopic (exact) mass is 333 g/mol. The van der Waals surface area contributed by atoms with Crippen LogP contribution < -0.4 is 5.32 Å². The van der Waals surface area contributed by atoms with Crippen LogP contribution in [0, 0.1) is 0 Å². The Morgan fingerprint density at radius 3 is 2.56 bits per heavy atom. The van der Waals surface area contributed by atoms with E-state index in [1.165, 1.54) is 12.8 Å². The molecule has 0 radical (unpaired) electrons. The van der Waals surface area contributed by atoms with Gasteiger partial charge in [-0.15, -0.1) is 0 Å². The molecule has 4 rings (SSSR count). The standard InChI is InChI=1S/C20H19N3O2/c24-19(21-17-11-4-5-12-17)15-9-6-10-16(13-15)20-22-18(23-25-20)14-7-2-1-3-8-14/h1-3,6-10,13,17H,4-5,11-12H2,(H,21,24). The van der Waals surface area contributed by atoms with Gasteiger partial charge in [-0.1, -0.05) is 54.4 Å². The molecule has 1 fully saturated rings. The maximum Gasteiger partial charge on any atom is 0.258 e. The van der Waals surface area contributed by atoms with E-state index in [1.54, 1.807) is 6.07 Å². The molecule has 25 heavy (non-hydrogen) atoms. The van der Waals surface area contributed by atoms with Crippen LogP contribution in [0.4, 0.5) is 0 Å². The third-order valence-electron chi connectivity index (χ3n) is 4.52. The third-order valence-corrected chi connectivity index (χ3v) is 4.52. The third kappa shape index (κ3) is 3.45. The Kier molecular flexibility index (Phi) is 4.29. The zero-order chi connectivity index (χ0) is 17.1. The van der Waals surface area contributed by atoms with Crippen LogP contribution in [0.5, 0.6) is 0 Å². The van der Waals surface area contributed by atoms with Crippen molar-refractivity contribution in [3.63, 3.8) is 0 Å². The molecule has 1 aromatic heterocycles. The molecule has 1 aliphatic rings. The van der Waals surface area contributed by atoms with Gasteiger partial charge in [0.25, 0.3) is 11.8 Å². The van der Waals surface area contributed by atoms with Crippen molar-refractivity contribution in [3.8, 4) is 22.8 Å². The fourth-order valence-electron chi connectivity index (χ4n) is 3.18. The SMILES string of the molecule is O=C(NC1CCCC1)c1cccc(-c2nc(-c3ccccc3)no2)c1. The lowest BCUT2D eigenvalue weighted by molar-refractivity contribution is 0.0938. The summed E-state index contributed by atoms with van der Waals surface area (Å²) in [6, 6.07) is 17.3. The second-order valence-electron chi connectivity index (χ2n) is 6.32. The highest BCUT2D eigenvalue weighted by atomic mass is 16.5. The molecule has 5 heteroatoms. The van der Waals surface area contributed by atoms with Crippen LogP contribution in [0.25, 0.3) is 22.8 Å². The zero-order valence-corrected chi connectivity index (χ0v) is 13.8. The molecule has 2 aromatic carbocycles. The summed E-state index contributed by atoms with van der Waals surface area (Å²) in [6.45, 7) is 0. The second-order valence-corrected chi connectivity index (χ2v) is 6.32. The van der Waals surface area contributed by atoms with Crippen LogP contribution in [-0.4, -0.2) is 22.1 Å². The van der Waals surface area contributed by atoms with Gasteiger partial charge < -0.3 is 9.84 Å². The maximum atomic E-state index is 12.4. The number of nitrogens with one attached hydrogen (secondary N) is 1. The predicted molar refractivity (Wildman–Crippen MR) is 94.9 cm³/mol. The number of carbonyl (C=O) groups excluding carboxylic acids is 1. The molecule has 0 aliphatic heterocycles. The summed E-state index contributed by atoms with van der Waals surface area (Å²) < 4.78 is 5.38. The van der Waals surface area contributed by atoms with E-state index in [-0.39, 0.29) is 5.91 Å². The van der Waals surface area contributed by atoms with E-state index in [1.807, 2.05) is 48.5 Å². The minimum absolute atomic E-state index is 0.0449. The number of carbonyl (C=O) groups is 1. The first-order valence-corrected chi connectivity index (χ1v) is 8.60. The first kappa shape index (κ1) is 15.6. The molecule has 1 heterocycles. The lowest BCUT2D eigenvalue weighted by atomic mass is 10.1. The van der Waals surface area contributed by atoms with E-state index in [0.29, 0.717) is 23.3 Å². The number of benzene rings is 2. The van der Waals surface area contributed by atoms with Crippen LogP contribution >= 0.6 is 0 Å². The second kappa shape index (κ2) is 6.89. The Morgan fingerprint density at radius 1 is 1.00 bits per heavy atom. The topological polar surface area (TPSA) is 68.0 Å². The van der Waals surface area contributed by atoms with E-state index >= 15 is 0 Å². The Morgan fingerprint density at radius 2 is 1.76 bits per heavy atom. The quantitative estimate of drug-likeness (QED) is 0.781. The Hall–Kier alpha value is -2.95. The van der Waals surface area contributed by atoms with Crippen LogP contribution in [0.1, 0.15) is 36.0 Å².